The molecule has 3 aromatic rings. The van der Waals surface area contributed by atoms with E-state index in [0.717, 1.165) is 61.1 Å². The number of pyridine rings is 1. The Morgan fingerprint density at radius 3 is 2.72 bits per heavy atom. The second kappa shape index (κ2) is 12.9. The highest BCUT2D eigenvalue weighted by molar-refractivity contribution is 6.15. The van der Waals surface area contributed by atoms with E-state index in [0.29, 0.717) is 41.6 Å². The van der Waals surface area contributed by atoms with Crippen molar-refractivity contribution in [3.8, 4) is 0 Å². The molecule has 4 aliphatic rings. The molecule has 0 radical (unpaired) electrons. The number of hydrogen-bond donors (Lipinski definition) is 4. The van der Waals surface area contributed by atoms with Crippen molar-refractivity contribution in [2.45, 2.75) is 26.4 Å². The Balaban J connectivity index is 1.19. The molecule has 2 aromatic heterocycles. The molecular formula is C36H40FN9. The van der Waals surface area contributed by atoms with Crippen LogP contribution in [-0.2, 0) is 6.54 Å². The average Bonchev–Trinajstić information content (AvgIpc) is 3.75. The van der Waals surface area contributed by atoms with E-state index in [1.54, 1.807) is 6.20 Å². The van der Waals surface area contributed by atoms with Gasteiger partial charge in [-0.2, -0.15) is 0 Å². The van der Waals surface area contributed by atoms with Crippen LogP contribution in [0.15, 0.2) is 89.2 Å². The monoisotopic (exact) mass is 617 g/mol. The summed E-state index contributed by atoms with van der Waals surface area (Å²) in [5, 5.41) is 10.2. The molecule has 46 heavy (non-hydrogen) atoms. The summed E-state index contributed by atoms with van der Waals surface area (Å²) in [5.41, 5.74) is 8.86. The van der Waals surface area contributed by atoms with Crippen LogP contribution < -0.4 is 16.0 Å². The van der Waals surface area contributed by atoms with Crippen LogP contribution in [0, 0.1) is 5.82 Å². The van der Waals surface area contributed by atoms with E-state index < -0.39 is 5.82 Å². The number of benzene rings is 1. The van der Waals surface area contributed by atoms with Gasteiger partial charge in [-0.25, -0.2) is 9.37 Å². The minimum Gasteiger partial charge on any atom is -0.373 e. The zero-order valence-corrected chi connectivity index (χ0v) is 26.6. The van der Waals surface area contributed by atoms with E-state index in [9.17, 15) is 0 Å². The lowest BCUT2D eigenvalue weighted by Gasteiger charge is -2.35. The first-order valence-corrected chi connectivity index (χ1v) is 16.0. The number of aromatic nitrogens is 3. The zero-order chi connectivity index (χ0) is 31.6. The molecule has 2 fully saturated rings. The lowest BCUT2D eigenvalue weighted by molar-refractivity contribution is 0.207. The highest BCUT2D eigenvalue weighted by Gasteiger charge is 2.39. The Morgan fingerprint density at radius 2 is 1.93 bits per heavy atom. The van der Waals surface area contributed by atoms with Crippen molar-refractivity contribution >= 4 is 22.7 Å². The molecular weight excluding hydrogens is 577 g/mol. The summed E-state index contributed by atoms with van der Waals surface area (Å²) in [6.45, 7) is 9.43. The quantitative estimate of drug-likeness (QED) is 0.198. The molecule has 1 aromatic carbocycles. The molecule has 0 saturated carbocycles. The van der Waals surface area contributed by atoms with Crippen LogP contribution in [0.1, 0.15) is 53.9 Å². The number of piperazine rings is 1. The Kier molecular flexibility index (Phi) is 8.38. The SMILES string of the molecule is C/C=C/C(=C\C(=C/C)c1ncc2c(c1F)C(c1nc3c([nH]1)C1NC1=CC=C3N1CCN(C)CC1)=NCN2)CNCc1ccccc1. The van der Waals surface area contributed by atoms with Gasteiger partial charge in [0.25, 0.3) is 0 Å². The van der Waals surface area contributed by atoms with E-state index >= 15 is 4.39 Å². The normalized spacial score (nSPS) is 19.7. The Bertz CT molecular complexity index is 1800. The van der Waals surface area contributed by atoms with E-state index in [1.165, 1.54) is 5.56 Å². The van der Waals surface area contributed by atoms with Gasteiger partial charge in [-0.1, -0.05) is 48.6 Å². The van der Waals surface area contributed by atoms with Gasteiger partial charge < -0.3 is 30.7 Å². The van der Waals surface area contributed by atoms with Crippen molar-refractivity contribution in [2.75, 3.05) is 51.8 Å². The number of aliphatic imine (C=N–C) groups is 1. The van der Waals surface area contributed by atoms with Crippen molar-refractivity contribution in [3.05, 3.63) is 124 Å². The largest absolute Gasteiger partial charge is 0.373 e. The fraction of sp³-hybridized carbons (Fsp3) is 0.306. The van der Waals surface area contributed by atoms with Crippen LogP contribution >= 0.6 is 0 Å². The highest BCUT2D eigenvalue weighted by atomic mass is 19.1. The summed E-state index contributed by atoms with van der Waals surface area (Å²) >= 11 is 0. The molecule has 3 aliphatic heterocycles. The summed E-state index contributed by atoms with van der Waals surface area (Å²) < 4.78 is 16.7. The first-order valence-electron chi connectivity index (χ1n) is 16.0. The van der Waals surface area contributed by atoms with Gasteiger partial charge in [-0.3, -0.25) is 9.98 Å². The van der Waals surface area contributed by atoms with Crippen LogP contribution in [0.25, 0.3) is 11.3 Å². The number of likely N-dealkylation sites (N-methyl/N-ethyl adjacent to an activating group) is 1. The molecule has 7 rings (SSSR count). The van der Waals surface area contributed by atoms with E-state index in [-0.39, 0.29) is 11.7 Å². The van der Waals surface area contributed by atoms with Gasteiger partial charge in [0.1, 0.15) is 29.8 Å². The minimum atomic E-state index is -0.420. The number of hydrogen-bond acceptors (Lipinski definition) is 8. The van der Waals surface area contributed by atoms with E-state index in [1.807, 2.05) is 56.4 Å². The van der Waals surface area contributed by atoms with Crippen molar-refractivity contribution in [2.24, 2.45) is 4.99 Å². The molecule has 236 valence electrons. The summed E-state index contributed by atoms with van der Waals surface area (Å²) in [7, 11) is 2.15. The standard InChI is InChI=1S/C36H40FN9/c1-4-9-24(20-38-19-23-10-7-6-8-11-23)18-25(5-2)31-30(37)29-27(21-39-31)40-22-41-34(29)36-43-33-28(46-16-14-45(3)15-17-46)13-12-26-32(42-26)35(33)44-36/h4-13,18,21,32,38,40,42H,14-17,19-20,22H2,1-3H3,(H,43,44)/b9-4+,24-18+,25-5+. The topological polar surface area (TPSA) is 106 Å². The fourth-order valence-electron chi connectivity index (χ4n) is 6.29. The van der Waals surface area contributed by atoms with E-state index in [4.69, 9.17) is 9.98 Å². The fourth-order valence-corrected chi connectivity index (χ4v) is 6.29. The molecule has 1 unspecified atom stereocenters. The van der Waals surface area contributed by atoms with Crippen LogP contribution in [0.4, 0.5) is 10.1 Å². The Hall–Kier alpha value is -4.80. The number of anilines is 1. The summed E-state index contributed by atoms with van der Waals surface area (Å²) in [6, 6.07) is 10.4. The highest BCUT2D eigenvalue weighted by Crippen LogP contribution is 2.41. The number of imidazole rings is 1. The third-order valence-corrected chi connectivity index (χ3v) is 8.86. The maximum absolute atomic E-state index is 16.7. The predicted octanol–water partition coefficient (Wildman–Crippen LogP) is 4.99. The number of H-pyrrole nitrogens is 1. The van der Waals surface area contributed by atoms with Crippen LogP contribution in [0.3, 0.4) is 0 Å². The number of allylic oxidation sites excluding steroid dienone is 6. The second-order valence-electron chi connectivity index (χ2n) is 12.0. The number of aromatic amines is 1. The van der Waals surface area contributed by atoms with Gasteiger partial charge in [0.15, 0.2) is 11.6 Å². The van der Waals surface area contributed by atoms with Crippen LogP contribution in [0.2, 0.25) is 0 Å². The van der Waals surface area contributed by atoms with Gasteiger partial charge in [0.05, 0.1) is 28.8 Å². The molecule has 4 N–H and O–H groups in total. The number of nitrogens with one attached hydrogen (secondary N) is 4. The van der Waals surface area contributed by atoms with Gasteiger partial charge in [-0.05, 0) is 55.8 Å². The molecule has 0 amide bonds. The lowest BCUT2D eigenvalue weighted by Crippen LogP contribution is -2.43. The third-order valence-electron chi connectivity index (χ3n) is 8.86. The van der Waals surface area contributed by atoms with Gasteiger partial charge >= 0.3 is 0 Å². The van der Waals surface area contributed by atoms with Crippen molar-refractivity contribution < 1.29 is 4.39 Å². The number of nitrogens with zero attached hydrogens (tertiary/aromatic N) is 5. The van der Waals surface area contributed by atoms with Gasteiger partial charge in [0, 0.05) is 45.0 Å². The molecule has 9 nitrogen and oxygen atoms in total. The maximum Gasteiger partial charge on any atom is 0.161 e. The lowest BCUT2D eigenvalue weighted by atomic mass is 10.00. The smallest absolute Gasteiger partial charge is 0.161 e. The first-order chi connectivity index (χ1) is 22.5. The Labute approximate surface area is 269 Å². The van der Waals surface area contributed by atoms with Gasteiger partial charge in [-0.15, -0.1) is 0 Å². The third kappa shape index (κ3) is 5.93. The van der Waals surface area contributed by atoms with Gasteiger partial charge in [0.2, 0.25) is 0 Å². The molecule has 0 spiro atoms. The Morgan fingerprint density at radius 1 is 1.11 bits per heavy atom. The van der Waals surface area contributed by atoms with Crippen LogP contribution in [0.5, 0.6) is 0 Å². The second-order valence-corrected chi connectivity index (χ2v) is 12.0. The molecule has 0 bridgehead atoms. The summed E-state index contributed by atoms with van der Waals surface area (Å²) in [5.74, 6) is 0.146. The summed E-state index contributed by atoms with van der Waals surface area (Å²) in [4.78, 5) is 22.7. The molecule has 2 saturated heterocycles. The number of halogens is 1. The first kappa shape index (κ1) is 29.9. The molecule has 5 heterocycles. The van der Waals surface area contributed by atoms with Crippen LogP contribution in [-0.4, -0.2) is 76.9 Å². The van der Waals surface area contributed by atoms with Crippen molar-refractivity contribution in [1.82, 2.24) is 35.4 Å². The zero-order valence-electron chi connectivity index (χ0n) is 26.6. The predicted molar refractivity (Wildman–Crippen MR) is 183 cm³/mol. The van der Waals surface area contributed by atoms with E-state index in [2.05, 4.69) is 67.1 Å². The van der Waals surface area contributed by atoms with Crippen molar-refractivity contribution in [1.29, 1.82) is 0 Å². The molecule has 1 atom stereocenters. The maximum atomic E-state index is 16.7. The van der Waals surface area contributed by atoms with Crippen molar-refractivity contribution in [3.63, 3.8) is 0 Å². The minimum absolute atomic E-state index is 0.0809. The molecule has 10 heteroatoms. The average molecular weight is 618 g/mol. The molecule has 1 aliphatic carbocycles. The number of rotatable bonds is 9. The summed E-state index contributed by atoms with van der Waals surface area (Å²) in [6.07, 6.45) is 14.0. The number of fused-ring (bicyclic) bond motifs is 4.